The molecule has 0 aliphatic heterocycles. The normalized spacial score (nSPS) is 12.0. The van der Waals surface area contributed by atoms with E-state index in [9.17, 15) is 15.0 Å². The van der Waals surface area contributed by atoms with E-state index in [2.05, 4.69) is 31.3 Å². The lowest BCUT2D eigenvalue weighted by atomic mass is 10.1. The largest absolute Gasteiger partial charge is 0.504 e. The van der Waals surface area contributed by atoms with Crippen LogP contribution in [0.5, 0.6) is 11.5 Å². The molecule has 0 fully saturated rings. The Labute approximate surface area is 163 Å². The standard InChI is InChI=1S/C23H33NO3/c1-19(2)18-24-23(27)14-12-10-8-6-4-3-5-7-9-11-13-20-15-16-21(25)22(26)17-20/h8,10-17,19,25-26H,3-7,9,18H2,1-2H3,(H,24,27)/b10-8+,13-11+,14-12+. The number of benzene rings is 1. The van der Waals surface area contributed by atoms with Crippen LogP contribution < -0.4 is 5.32 Å². The van der Waals surface area contributed by atoms with Gasteiger partial charge in [0.25, 0.3) is 0 Å². The Morgan fingerprint density at radius 3 is 2.37 bits per heavy atom. The van der Waals surface area contributed by atoms with Crippen LogP contribution in [0.25, 0.3) is 6.08 Å². The van der Waals surface area contributed by atoms with Gasteiger partial charge < -0.3 is 15.5 Å². The number of nitrogens with one attached hydrogen (secondary N) is 1. The van der Waals surface area contributed by atoms with Crippen LogP contribution in [0.1, 0.15) is 57.9 Å². The topological polar surface area (TPSA) is 69.6 Å². The number of allylic oxidation sites excluding steroid dienone is 4. The van der Waals surface area contributed by atoms with Crippen molar-refractivity contribution in [2.24, 2.45) is 5.92 Å². The fourth-order valence-electron chi connectivity index (χ4n) is 2.42. The van der Waals surface area contributed by atoms with Crippen LogP contribution in [-0.2, 0) is 4.79 Å². The minimum absolute atomic E-state index is 0.0380. The molecule has 4 nitrogen and oxygen atoms in total. The van der Waals surface area contributed by atoms with E-state index in [0.29, 0.717) is 12.5 Å². The zero-order chi connectivity index (χ0) is 19.9. The van der Waals surface area contributed by atoms with Crippen LogP contribution in [0.3, 0.4) is 0 Å². The quantitative estimate of drug-likeness (QED) is 0.201. The van der Waals surface area contributed by atoms with Crippen LogP contribution in [0.15, 0.2) is 48.6 Å². The molecule has 3 N–H and O–H groups in total. The van der Waals surface area contributed by atoms with E-state index >= 15 is 0 Å². The van der Waals surface area contributed by atoms with Crippen LogP contribution in [0.2, 0.25) is 0 Å². The van der Waals surface area contributed by atoms with E-state index in [4.69, 9.17) is 0 Å². The Bertz CT molecular complexity index is 645. The minimum atomic E-state index is -0.0916. The minimum Gasteiger partial charge on any atom is -0.504 e. The summed E-state index contributed by atoms with van der Waals surface area (Å²) in [6.45, 7) is 4.85. The number of hydrogen-bond donors (Lipinski definition) is 3. The third-order valence-electron chi connectivity index (χ3n) is 3.98. The smallest absolute Gasteiger partial charge is 0.243 e. The van der Waals surface area contributed by atoms with Gasteiger partial charge in [-0.05, 0) is 49.3 Å². The van der Waals surface area contributed by atoms with E-state index < -0.39 is 0 Å². The van der Waals surface area contributed by atoms with Gasteiger partial charge >= 0.3 is 0 Å². The molecular weight excluding hydrogens is 338 g/mol. The Balaban J connectivity index is 2.03. The summed E-state index contributed by atoms with van der Waals surface area (Å²) in [6.07, 6.45) is 18.2. The predicted octanol–water partition coefficient (Wildman–Crippen LogP) is 5.34. The first-order chi connectivity index (χ1) is 13.0. The van der Waals surface area contributed by atoms with Crippen LogP contribution in [0, 0.1) is 5.92 Å². The summed E-state index contributed by atoms with van der Waals surface area (Å²) in [6, 6.07) is 4.83. The molecule has 0 aromatic heterocycles. The number of carbonyl (C=O) groups excluding carboxylic acids is 1. The van der Waals surface area contributed by atoms with Crippen molar-refractivity contribution in [1.82, 2.24) is 5.32 Å². The molecule has 0 aliphatic rings. The summed E-state index contributed by atoms with van der Waals surface area (Å²) in [5, 5.41) is 21.5. The van der Waals surface area contributed by atoms with Crippen molar-refractivity contribution in [3.63, 3.8) is 0 Å². The third kappa shape index (κ3) is 11.7. The van der Waals surface area contributed by atoms with Gasteiger partial charge in [-0.25, -0.2) is 0 Å². The van der Waals surface area contributed by atoms with Gasteiger partial charge in [0.2, 0.25) is 5.91 Å². The highest BCUT2D eigenvalue weighted by atomic mass is 16.3. The lowest BCUT2D eigenvalue weighted by molar-refractivity contribution is -0.116. The van der Waals surface area contributed by atoms with Crippen molar-refractivity contribution >= 4 is 12.0 Å². The second-order valence-electron chi connectivity index (χ2n) is 7.07. The molecule has 27 heavy (non-hydrogen) atoms. The maximum Gasteiger partial charge on any atom is 0.243 e. The van der Waals surface area contributed by atoms with Crippen molar-refractivity contribution < 1.29 is 15.0 Å². The molecule has 0 saturated carbocycles. The van der Waals surface area contributed by atoms with E-state index in [-0.39, 0.29) is 17.4 Å². The molecule has 0 aliphatic carbocycles. The molecule has 1 rings (SSSR count). The van der Waals surface area contributed by atoms with Crippen LogP contribution in [0.4, 0.5) is 0 Å². The molecule has 0 spiro atoms. The summed E-state index contributed by atoms with van der Waals surface area (Å²) < 4.78 is 0. The second-order valence-corrected chi connectivity index (χ2v) is 7.07. The van der Waals surface area contributed by atoms with Crippen molar-refractivity contribution in [3.8, 4) is 11.5 Å². The highest BCUT2D eigenvalue weighted by molar-refractivity contribution is 5.87. The van der Waals surface area contributed by atoms with Gasteiger partial charge in [-0.15, -0.1) is 0 Å². The number of carbonyl (C=O) groups is 1. The molecule has 1 aromatic carbocycles. The first kappa shape index (κ1) is 22.6. The van der Waals surface area contributed by atoms with Gasteiger partial charge in [-0.1, -0.05) is 63.1 Å². The van der Waals surface area contributed by atoms with Gasteiger partial charge in [0.15, 0.2) is 11.5 Å². The van der Waals surface area contributed by atoms with Gasteiger partial charge in [-0.3, -0.25) is 4.79 Å². The molecule has 0 radical (unpaired) electrons. The number of phenols is 2. The number of rotatable bonds is 12. The Morgan fingerprint density at radius 1 is 1.00 bits per heavy atom. The summed E-state index contributed by atoms with van der Waals surface area (Å²) in [4.78, 5) is 11.5. The van der Waals surface area contributed by atoms with E-state index in [1.165, 1.54) is 18.9 Å². The first-order valence-corrected chi connectivity index (χ1v) is 9.78. The molecule has 148 valence electrons. The number of aromatic hydroxyl groups is 2. The maximum absolute atomic E-state index is 11.5. The lowest BCUT2D eigenvalue weighted by Crippen LogP contribution is -2.25. The Hall–Kier alpha value is -2.49. The highest BCUT2D eigenvalue weighted by Crippen LogP contribution is 2.25. The molecule has 0 atom stereocenters. The molecular formula is C23H33NO3. The fourth-order valence-corrected chi connectivity index (χ4v) is 2.42. The molecule has 0 heterocycles. The Morgan fingerprint density at radius 2 is 1.70 bits per heavy atom. The average Bonchev–Trinajstić information content (AvgIpc) is 2.63. The van der Waals surface area contributed by atoms with Gasteiger partial charge in [0.1, 0.15) is 0 Å². The first-order valence-electron chi connectivity index (χ1n) is 9.78. The summed E-state index contributed by atoms with van der Waals surface area (Å²) in [5.74, 6) is 0.251. The van der Waals surface area contributed by atoms with E-state index in [1.807, 2.05) is 12.2 Å². The number of unbranched alkanes of at least 4 members (excludes halogenated alkanes) is 5. The summed E-state index contributed by atoms with van der Waals surface area (Å²) in [5.41, 5.74) is 0.890. The fraction of sp³-hybridized carbons (Fsp3) is 0.435. The third-order valence-corrected chi connectivity index (χ3v) is 3.98. The molecule has 0 bridgehead atoms. The zero-order valence-electron chi connectivity index (χ0n) is 16.5. The molecule has 0 unspecified atom stereocenters. The van der Waals surface area contributed by atoms with Crippen molar-refractivity contribution in [3.05, 3.63) is 54.1 Å². The van der Waals surface area contributed by atoms with Gasteiger partial charge in [0.05, 0.1) is 0 Å². The molecule has 1 aromatic rings. The summed E-state index contributed by atoms with van der Waals surface area (Å²) >= 11 is 0. The van der Waals surface area contributed by atoms with Gasteiger partial charge in [-0.2, -0.15) is 0 Å². The van der Waals surface area contributed by atoms with Crippen molar-refractivity contribution in [2.75, 3.05) is 6.54 Å². The zero-order valence-corrected chi connectivity index (χ0v) is 16.5. The molecule has 4 heteroatoms. The monoisotopic (exact) mass is 371 g/mol. The highest BCUT2D eigenvalue weighted by Gasteiger charge is 1.97. The van der Waals surface area contributed by atoms with Crippen LogP contribution in [-0.4, -0.2) is 22.7 Å². The predicted molar refractivity (Wildman–Crippen MR) is 113 cm³/mol. The summed E-state index contributed by atoms with van der Waals surface area (Å²) in [7, 11) is 0. The molecule has 0 saturated heterocycles. The van der Waals surface area contributed by atoms with Gasteiger partial charge in [0, 0.05) is 12.6 Å². The Kier molecular flexibility index (Phi) is 11.4. The molecule has 1 amide bonds. The van der Waals surface area contributed by atoms with E-state index in [1.54, 1.807) is 24.3 Å². The maximum atomic E-state index is 11.5. The van der Waals surface area contributed by atoms with Crippen molar-refractivity contribution in [2.45, 2.75) is 52.4 Å². The van der Waals surface area contributed by atoms with Crippen LogP contribution >= 0.6 is 0 Å². The second kappa shape index (κ2) is 13.7. The number of hydrogen-bond acceptors (Lipinski definition) is 3. The number of phenolic OH excluding ortho intramolecular Hbond substituents is 2. The average molecular weight is 372 g/mol. The lowest BCUT2D eigenvalue weighted by Gasteiger charge is -2.03. The van der Waals surface area contributed by atoms with E-state index in [0.717, 1.165) is 31.2 Å². The number of amides is 1. The SMILES string of the molecule is CC(C)CNC(=O)/C=C/C=C/CCCCCC/C=C/c1ccc(O)c(O)c1. The van der Waals surface area contributed by atoms with Crippen molar-refractivity contribution in [1.29, 1.82) is 0 Å².